The smallest absolute Gasteiger partial charge is 0.330 e. The molecule has 3 heterocycles. The second kappa shape index (κ2) is 9.47. The number of ether oxygens (including phenoxy) is 1. The minimum absolute atomic E-state index is 0.304. The van der Waals surface area contributed by atoms with Crippen molar-refractivity contribution in [2.24, 2.45) is 0 Å². The Labute approximate surface area is 199 Å². The number of benzene rings is 2. The molecule has 0 fully saturated rings. The van der Waals surface area contributed by atoms with Crippen LogP contribution in [0, 0.1) is 0 Å². The average molecular weight is 473 g/mol. The Hall–Kier alpha value is -4.38. The van der Waals surface area contributed by atoms with Gasteiger partial charge in [-0.3, -0.25) is 14.3 Å². The number of aromatic nitrogens is 8. The highest BCUT2D eigenvalue weighted by Gasteiger charge is 2.18. The topological polar surface area (TPSA) is 126 Å². The molecule has 0 saturated carbocycles. The van der Waals surface area contributed by atoms with Gasteiger partial charge in [-0.15, -0.1) is 5.10 Å². The van der Waals surface area contributed by atoms with Crippen LogP contribution in [-0.2, 0) is 24.2 Å². The van der Waals surface area contributed by atoms with E-state index < -0.39 is 11.2 Å². The molecule has 0 aliphatic rings. The highest BCUT2D eigenvalue weighted by Crippen LogP contribution is 2.26. The summed E-state index contributed by atoms with van der Waals surface area (Å²) in [5.74, 6) is 0.732. The molecule has 11 nitrogen and oxygen atoms in total. The van der Waals surface area contributed by atoms with Gasteiger partial charge in [0, 0.05) is 25.6 Å². The van der Waals surface area contributed by atoms with Crippen molar-refractivity contribution in [2.45, 2.75) is 26.4 Å². The standard InChI is InChI=1S/C24H24N8O3/c1-3-20-26-22-21(23(33)27-24(34)30(22)12-13-35-2)31(20)14-16-8-10-17(11-9-16)18-6-4-5-7-19(18)32-15-25-28-29-32/h4-11,15H,3,12-14H2,1-2H3,(H,27,33,34). The number of hydrogen-bond acceptors (Lipinski definition) is 7. The summed E-state index contributed by atoms with van der Waals surface area (Å²) in [6.07, 6.45) is 2.18. The number of H-pyrrole nitrogens is 1. The maximum absolute atomic E-state index is 12.8. The monoisotopic (exact) mass is 472 g/mol. The summed E-state index contributed by atoms with van der Waals surface area (Å²) in [4.78, 5) is 32.2. The maximum atomic E-state index is 12.8. The van der Waals surface area contributed by atoms with Crippen LogP contribution in [0.1, 0.15) is 18.3 Å². The molecule has 3 aromatic heterocycles. The summed E-state index contributed by atoms with van der Waals surface area (Å²) < 4.78 is 10.1. The Morgan fingerprint density at radius 2 is 1.83 bits per heavy atom. The third-order valence-corrected chi connectivity index (χ3v) is 5.91. The second-order valence-corrected chi connectivity index (χ2v) is 8.01. The summed E-state index contributed by atoms with van der Waals surface area (Å²) in [5, 5.41) is 11.5. The van der Waals surface area contributed by atoms with Crippen molar-refractivity contribution in [3.8, 4) is 16.8 Å². The van der Waals surface area contributed by atoms with Crippen LogP contribution in [0.15, 0.2) is 64.4 Å². The lowest BCUT2D eigenvalue weighted by Gasteiger charge is -2.11. The number of para-hydroxylation sites is 1. The highest BCUT2D eigenvalue weighted by atomic mass is 16.5. The molecule has 0 unspecified atom stereocenters. The zero-order valence-electron chi connectivity index (χ0n) is 19.4. The third kappa shape index (κ3) is 4.17. The van der Waals surface area contributed by atoms with E-state index in [2.05, 4.69) is 25.5 Å². The first-order valence-corrected chi connectivity index (χ1v) is 11.2. The summed E-state index contributed by atoms with van der Waals surface area (Å²) in [6, 6.07) is 16.0. The first kappa shape index (κ1) is 22.4. The summed E-state index contributed by atoms with van der Waals surface area (Å²) in [7, 11) is 1.56. The zero-order valence-corrected chi connectivity index (χ0v) is 19.4. The van der Waals surface area contributed by atoms with E-state index in [0.717, 1.165) is 28.2 Å². The molecule has 0 atom stereocenters. The Bertz CT molecular complexity index is 1580. The Balaban J connectivity index is 1.52. The lowest BCUT2D eigenvalue weighted by molar-refractivity contribution is 0.187. The van der Waals surface area contributed by atoms with Crippen LogP contribution in [0.5, 0.6) is 0 Å². The second-order valence-electron chi connectivity index (χ2n) is 8.01. The number of hydrogen-bond donors (Lipinski definition) is 1. The fourth-order valence-electron chi connectivity index (χ4n) is 4.21. The molecule has 0 saturated heterocycles. The lowest BCUT2D eigenvalue weighted by Crippen LogP contribution is -2.32. The van der Waals surface area contributed by atoms with E-state index in [0.29, 0.717) is 37.3 Å². The highest BCUT2D eigenvalue weighted by molar-refractivity contribution is 5.73. The van der Waals surface area contributed by atoms with Gasteiger partial charge in [0.05, 0.1) is 18.8 Å². The molecule has 5 rings (SSSR count). The molecular weight excluding hydrogens is 448 g/mol. The summed E-state index contributed by atoms with van der Waals surface area (Å²) in [5.41, 5.74) is 3.70. The van der Waals surface area contributed by atoms with Crippen LogP contribution >= 0.6 is 0 Å². The normalized spacial score (nSPS) is 11.4. The summed E-state index contributed by atoms with van der Waals surface area (Å²) in [6.45, 7) is 3.06. The van der Waals surface area contributed by atoms with Crippen molar-refractivity contribution in [2.75, 3.05) is 13.7 Å². The number of tetrazole rings is 1. The lowest BCUT2D eigenvalue weighted by atomic mass is 10.0. The van der Waals surface area contributed by atoms with Crippen LogP contribution in [0.25, 0.3) is 28.0 Å². The summed E-state index contributed by atoms with van der Waals surface area (Å²) >= 11 is 0. The van der Waals surface area contributed by atoms with Crippen LogP contribution in [0.4, 0.5) is 0 Å². The Morgan fingerprint density at radius 3 is 2.54 bits per heavy atom. The molecule has 178 valence electrons. The molecule has 0 bridgehead atoms. The molecular formula is C24H24N8O3. The van der Waals surface area contributed by atoms with E-state index in [4.69, 9.17) is 4.74 Å². The van der Waals surface area contributed by atoms with E-state index in [1.807, 2.05) is 60.0 Å². The number of rotatable bonds is 8. The van der Waals surface area contributed by atoms with E-state index in [-0.39, 0.29) is 0 Å². The quantitative estimate of drug-likeness (QED) is 0.365. The molecule has 0 spiro atoms. The van der Waals surface area contributed by atoms with E-state index in [9.17, 15) is 9.59 Å². The third-order valence-electron chi connectivity index (χ3n) is 5.91. The molecule has 2 aromatic carbocycles. The van der Waals surface area contributed by atoms with Crippen LogP contribution in [0.3, 0.4) is 0 Å². The SMILES string of the molecule is CCc1nc2c(c(=O)[nH]c(=O)n2CCOC)n1Cc1ccc(-c2ccccc2-n2cnnn2)cc1. The van der Waals surface area contributed by atoms with Crippen molar-refractivity contribution >= 4 is 11.2 Å². The van der Waals surface area contributed by atoms with Gasteiger partial charge in [-0.2, -0.15) is 4.68 Å². The predicted octanol–water partition coefficient (Wildman–Crippen LogP) is 1.79. The van der Waals surface area contributed by atoms with Gasteiger partial charge in [0.2, 0.25) is 0 Å². The molecule has 5 aromatic rings. The van der Waals surface area contributed by atoms with Gasteiger partial charge >= 0.3 is 5.69 Å². The fourth-order valence-corrected chi connectivity index (χ4v) is 4.21. The number of imidazole rings is 1. The maximum Gasteiger partial charge on any atom is 0.330 e. The molecule has 1 N–H and O–H groups in total. The molecule has 35 heavy (non-hydrogen) atoms. The minimum Gasteiger partial charge on any atom is -0.383 e. The minimum atomic E-state index is -0.488. The van der Waals surface area contributed by atoms with Crippen molar-refractivity contribution in [1.29, 1.82) is 0 Å². The van der Waals surface area contributed by atoms with Crippen molar-refractivity contribution in [1.82, 2.24) is 39.3 Å². The largest absolute Gasteiger partial charge is 0.383 e. The van der Waals surface area contributed by atoms with Crippen molar-refractivity contribution in [3.05, 3.63) is 87.1 Å². The van der Waals surface area contributed by atoms with Gasteiger partial charge in [-0.25, -0.2) is 9.78 Å². The van der Waals surface area contributed by atoms with E-state index >= 15 is 0 Å². The molecule has 0 aliphatic carbocycles. The predicted molar refractivity (Wildman–Crippen MR) is 130 cm³/mol. The zero-order chi connectivity index (χ0) is 24.4. The van der Waals surface area contributed by atoms with Gasteiger partial charge in [0.15, 0.2) is 11.2 Å². The van der Waals surface area contributed by atoms with Gasteiger partial charge in [0.25, 0.3) is 5.56 Å². The number of aromatic amines is 1. The Kier molecular flexibility index (Phi) is 6.06. The molecule has 0 amide bonds. The van der Waals surface area contributed by atoms with Crippen LogP contribution in [-0.4, -0.2) is 53.0 Å². The molecule has 0 aliphatic heterocycles. The van der Waals surface area contributed by atoms with Crippen LogP contribution < -0.4 is 11.2 Å². The first-order chi connectivity index (χ1) is 17.1. The van der Waals surface area contributed by atoms with Crippen molar-refractivity contribution < 1.29 is 4.74 Å². The van der Waals surface area contributed by atoms with Gasteiger partial charge < -0.3 is 9.30 Å². The number of nitrogens with one attached hydrogen (secondary N) is 1. The van der Waals surface area contributed by atoms with Gasteiger partial charge in [0.1, 0.15) is 12.2 Å². The molecule has 0 radical (unpaired) electrons. The Morgan fingerprint density at radius 1 is 1.03 bits per heavy atom. The number of fused-ring (bicyclic) bond motifs is 1. The van der Waals surface area contributed by atoms with Gasteiger partial charge in [-0.05, 0) is 27.6 Å². The van der Waals surface area contributed by atoms with Crippen molar-refractivity contribution in [3.63, 3.8) is 0 Å². The van der Waals surface area contributed by atoms with E-state index in [1.165, 1.54) is 4.57 Å². The molecule has 11 heteroatoms. The van der Waals surface area contributed by atoms with Gasteiger partial charge in [-0.1, -0.05) is 49.4 Å². The number of methoxy groups -OCH3 is 1. The van der Waals surface area contributed by atoms with E-state index in [1.54, 1.807) is 18.1 Å². The average Bonchev–Trinajstić information content (AvgIpc) is 3.53. The van der Waals surface area contributed by atoms with Crippen LogP contribution in [0.2, 0.25) is 0 Å². The fraction of sp³-hybridized carbons (Fsp3) is 0.250. The number of aryl methyl sites for hydroxylation is 1. The first-order valence-electron chi connectivity index (χ1n) is 11.2. The number of nitrogens with zero attached hydrogens (tertiary/aromatic N) is 7.